The summed E-state index contributed by atoms with van der Waals surface area (Å²) < 4.78 is 106. The molecule has 1 nitrogen and oxygen atoms in total. The topological polar surface area (TPSA) is 20.2 Å². The largest absolute Gasteiger partial charge is 0.457 e. The molecule has 0 radical (unpaired) electrons. The van der Waals surface area contributed by atoms with Gasteiger partial charge in [0.2, 0.25) is 0 Å². The van der Waals surface area contributed by atoms with Gasteiger partial charge in [-0.05, 0) is 35.4 Å². The zero-order chi connectivity index (χ0) is 20.0. The van der Waals surface area contributed by atoms with Crippen LogP contribution in [0.25, 0.3) is 0 Å². The van der Waals surface area contributed by atoms with Crippen molar-refractivity contribution in [3.8, 4) is 0 Å². The lowest BCUT2D eigenvalue weighted by molar-refractivity contribution is -0.336. The van der Waals surface area contributed by atoms with Gasteiger partial charge in [-0.15, -0.1) is 0 Å². The molecule has 142 valence electrons. The molecule has 0 spiro atoms. The van der Waals surface area contributed by atoms with E-state index < -0.39 is 40.6 Å². The number of rotatable bonds is 3. The first-order valence-electron chi connectivity index (χ1n) is 6.82. The average Bonchev–Trinajstić information content (AvgIpc) is 2.52. The van der Waals surface area contributed by atoms with Crippen LogP contribution in [0.3, 0.4) is 0 Å². The molecule has 2 aromatic rings. The molecular weight excluding hydrogens is 440 g/mol. The molecule has 0 heterocycles. The minimum absolute atomic E-state index is 0.0541. The highest BCUT2D eigenvalue weighted by atomic mass is 79.9. The van der Waals surface area contributed by atoms with Crippen molar-refractivity contribution in [2.24, 2.45) is 0 Å². The summed E-state index contributed by atoms with van der Waals surface area (Å²) in [7, 11) is 0. The maximum atomic E-state index is 14.2. The Labute approximate surface area is 150 Å². The van der Waals surface area contributed by atoms with Crippen LogP contribution in [0.5, 0.6) is 0 Å². The maximum Gasteiger partial charge on any atom is 0.457 e. The summed E-state index contributed by atoms with van der Waals surface area (Å²) in [6.45, 7) is 0. The molecule has 0 fully saturated rings. The second kappa shape index (κ2) is 6.49. The van der Waals surface area contributed by atoms with Crippen molar-refractivity contribution >= 4 is 15.9 Å². The third kappa shape index (κ3) is 3.44. The van der Waals surface area contributed by atoms with Gasteiger partial charge < -0.3 is 5.11 Å². The van der Waals surface area contributed by atoms with E-state index in [1.807, 2.05) is 0 Å². The predicted molar refractivity (Wildman–Crippen MR) is 79.6 cm³/mol. The summed E-state index contributed by atoms with van der Waals surface area (Å²) in [5.74, 6) is -5.77. The van der Waals surface area contributed by atoms with Crippen LogP contribution in [0.15, 0.2) is 53.0 Å². The maximum absolute atomic E-state index is 14.2. The van der Waals surface area contributed by atoms with Gasteiger partial charge >= 0.3 is 18.3 Å². The Bertz CT molecular complexity index is 799. The van der Waals surface area contributed by atoms with E-state index in [0.717, 1.165) is 18.2 Å². The van der Waals surface area contributed by atoms with Crippen LogP contribution in [0.2, 0.25) is 0 Å². The molecule has 2 rings (SSSR count). The zero-order valence-corrected chi connectivity index (χ0v) is 14.1. The van der Waals surface area contributed by atoms with Gasteiger partial charge in [0.1, 0.15) is 0 Å². The molecule has 0 amide bonds. The lowest BCUT2D eigenvalue weighted by atomic mass is 9.80. The van der Waals surface area contributed by atoms with E-state index in [9.17, 15) is 40.2 Å². The lowest BCUT2D eigenvalue weighted by Crippen LogP contribution is -2.55. The van der Waals surface area contributed by atoms with Crippen LogP contribution in [0.4, 0.5) is 35.1 Å². The van der Waals surface area contributed by atoms with Gasteiger partial charge in [-0.3, -0.25) is 0 Å². The van der Waals surface area contributed by atoms with Gasteiger partial charge in [-0.2, -0.15) is 35.1 Å². The highest BCUT2D eigenvalue weighted by Crippen LogP contribution is 2.52. The van der Waals surface area contributed by atoms with Gasteiger partial charge in [0.25, 0.3) is 0 Å². The van der Waals surface area contributed by atoms with E-state index in [-0.39, 0.29) is 10.5 Å². The number of halogens is 9. The summed E-state index contributed by atoms with van der Waals surface area (Å²) in [5.41, 5.74) is -7.71. The number of hydrogen-bond donors (Lipinski definition) is 1. The summed E-state index contributed by atoms with van der Waals surface area (Å²) >= 11 is 2.87. The SMILES string of the molecule is OC(c1cccc(Br)c1)(c1cccc(C(F)(F)F)c1)C(F)(F)C(F)(F)F. The smallest absolute Gasteiger partial charge is 0.374 e. The molecule has 26 heavy (non-hydrogen) atoms. The molecule has 1 unspecified atom stereocenters. The molecule has 1 atom stereocenters. The normalized spacial score (nSPS) is 15.6. The standard InChI is InChI=1S/C16H9BrF8O/c17-12-6-2-4-10(8-12)13(26,15(21,22)16(23,24)25)9-3-1-5-11(7-9)14(18,19)20/h1-8,26H. The fraction of sp³-hybridized carbons (Fsp3) is 0.250. The Morgan fingerprint density at radius 1 is 0.692 bits per heavy atom. The van der Waals surface area contributed by atoms with Crippen LogP contribution in [-0.2, 0) is 11.8 Å². The Morgan fingerprint density at radius 2 is 1.15 bits per heavy atom. The Balaban J connectivity index is 2.82. The molecule has 10 heteroatoms. The molecule has 0 aliphatic rings. The summed E-state index contributed by atoms with van der Waals surface area (Å²) in [4.78, 5) is 0. The summed E-state index contributed by atoms with van der Waals surface area (Å²) in [6, 6.07) is 5.71. The van der Waals surface area contributed by atoms with Crippen molar-refractivity contribution in [2.75, 3.05) is 0 Å². The van der Waals surface area contributed by atoms with E-state index in [1.54, 1.807) is 0 Å². The summed E-state index contributed by atoms with van der Waals surface area (Å²) in [6.07, 6.45) is -11.2. The highest BCUT2D eigenvalue weighted by Gasteiger charge is 2.71. The fourth-order valence-electron chi connectivity index (χ4n) is 2.37. The number of aliphatic hydroxyl groups is 1. The molecule has 0 aliphatic carbocycles. The van der Waals surface area contributed by atoms with Gasteiger partial charge in [-0.1, -0.05) is 40.2 Å². The molecule has 0 saturated carbocycles. The first-order chi connectivity index (χ1) is 11.7. The Kier molecular flexibility index (Phi) is 5.15. The summed E-state index contributed by atoms with van der Waals surface area (Å²) in [5, 5.41) is 10.5. The molecular formula is C16H9BrF8O. The first kappa shape index (κ1) is 20.6. The van der Waals surface area contributed by atoms with Crippen molar-refractivity contribution in [2.45, 2.75) is 23.9 Å². The predicted octanol–water partition coefficient (Wildman–Crippen LogP) is 5.90. The molecule has 0 aliphatic heterocycles. The van der Waals surface area contributed by atoms with E-state index in [2.05, 4.69) is 15.9 Å². The van der Waals surface area contributed by atoms with E-state index in [0.29, 0.717) is 18.2 Å². The third-order valence-electron chi connectivity index (χ3n) is 3.66. The monoisotopic (exact) mass is 448 g/mol. The first-order valence-corrected chi connectivity index (χ1v) is 7.61. The zero-order valence-electron chi connectivity index (χ0n) is 12.5. The van der Waals surface area contributed by atoms with Crippen molar-refractivity contribution in [1.29, 1.82) is 0 Å². The van der Waals surface area contributed by atoms with Gasteiger partial charge in [0.15, 0.2) is 5.60 Å². The fourth-order valence-corrected chi connectivity index (χ4v) is 2.77. The third-order valence-corrected chi connectivity index (χ3v) is 4.15. The second-order valence-electron chi connectivity index (χ2n) is 5.37. The second-order valence-corrected chi connectivity index (χ2v) is 6.29. The highest BCUT2D eigenvalue weighted by molar-refractivity contribution is 9.10. The lowest BCUT2D eigenvalue weighted by Gasteiger charge is -2.38. The quantitative estimate of drug-likeness (QED) is 0.579. The average molecular weight is 449 g/mol. The van der Waals surface area contributed by atoms with E-state index in [1.165, 1.54) is 6.07 Å². The van der Waals surface area contributed by atoms with Crippen LogP contribution < -0.4 is 0 Å². The van der Waals surface area contributed by atoms with Gasteiger partial charge in [-0.25, -0.2) is 0 Å². The van der Waals surface area contributed by atoms with Crippen molar-refractivity contribution < 1.29 is 40.2 Å². The number of hydrogen-bond acceptors (Lipinski definition) is 1. The Hall–Kier alpha value is -1.68. The molecule has 2 aromatic carbocycles. The molecule has 1 N–H and O–H groups in total. The molecule has 0 aromatic heterocycles. The van der Waals surface area contributed by atoms with Crippen molar-refractivity contribution in [3.05, 3.63) is 69.7 Å². The van der Waals surface area contributed by atoms with E-state index in [4.69, 9.17) is 0 Å². The van der Waals surface area contributed by atoms with E-state index >= 15 is 0 Å². The van der Waals surface area contributed by atoms with Crippen LogP contribution in [0, 0.1) is 0 Å². The minimum atomic E-state index is -6.22. The van der Waals surface area contributed by atoms with Crippen LogP contribution in [-0.4, -0.2) is 17.2 Å². The number of benzene rings is 2. The number of alkyl halides is 8. The minimum Gasteiger partial charge on any atom is -0.374 e. The van der Waals surface area contributed by atoms with Crippen LogP contribution in [0.1, 0.15) is 16.7 Å². The van der Waals surface area contributed by atoms with Gasteiger partial charge in [0, 0.05) is 4.47 Å². The molecule has 0 saturated heterocycles. The van der Waals surface area contributed by atoms with Gasteiger partial charge in [0.05, 0.1) is 5.56 Å². The molecule has 0 bridgehead atoms. The van der Waals surface area contributed by atoms with Crippen molar-refractivity contribution in [3.63, 3.8) is 0 Å². The van der Waals surface area contributed by atoms with Crippen LogP contribution >= 0.6 is 15.9 Å². The van der Waals surface area contributed by atoms with Crippen molar-refractivity contribution in [1.82, 2.24) is 0 Å². The Morgan fingerprint density at radius 3 is 1.62 bits per heavy atom.